The first kappa shape index (κ1) is 13.5. The molecule has 2 N–H and O–H groups in total. The minimum Gasteiger partial charge on any atom is -0.316 e. The number of hydrogen-bond acceptors (Lipinski definition) is 5. The molecule has 0 saturated carbocycles. The highest BCUT2D eigenvalue weighted by Crippen LogP contribution is 2.21. The second kappa shape index (κ2) is 5.80. The summed E-state index contributed by atoms with van der Waals surface area (Å²) in [5, 5.41) is 11.9. The van der Waals surface area contributed by atoms with Gasteiger partial charge in [-0.1, -0.05) is 0 Å². The van der Waals surface area contributed by atoms with Gasteiger partial charge in [-0.25, -0.2) is 13.1 Å². The maximum atomic E-state index is 12.0. The molecule has 5 nitrogen and oxygen atoms in total. The first-order valence-electron chi connectivity index (χ1n) is 5.82. The van der Waals surface area contributed by atoms with Crippen LogP contribution in [0.3, 0.4) is 0 Å². The van der Waals surface area contributed by atoms with Crippen LogP contribution in [-0.2, 0) is 10.0 Å². The summed E-state index contributed by atoms with van der Waals surface area (Å²) in [5.74, 6) is 0.351. The van der Waals surface area contributed by atoms with E-state index in [9.17, 15) is 8.42 Å². The lowest BCUT2D eigenvalue weighted by molar-refractivity contribution is 0.376. The number of rotatable bonds is 4. The Morgan fingerprint density at radius 1 is 1.56 bits per heavy atom. The minimum absolute atomic E-state index is 0.211. The number of sulfonamides is 1. The first-order chi connectivity index (χ1) is 8.62. The minimum atomic E-state index is -3.46. The monoisotopic (exact) mass is 285 g/mol. The molecule has 0 radical (unpaired) electrons. The summed E-state index contributed by atoms with van der Waals surface area (Å²) in [6.45, 7) is 2.32. The second-order valence-corrected chi connectivity index (χ2v) is 7.37. The summed E-state index contributed by atoms with van der Waals surface area (Å²) in [4.78, 5) is 0.412. The lowest BCUT2D eigenvalue weighted by Crippen LogP contribution is -2.37. The zero-order chi connectivity index (χ0) is 13.0. The molecule has 1 fully saturated rings. The van der Waals surface area contributed by atoms with Gasteiger partial charge in [0, 0.05) is 6.54 Å². The summed E-state index contributed by atoms with van der Waals surface area (Å²) in [5.41, 5.74) is 0. The van der Waals surface area contributed by atoms with E-state index in [1.165, 1.54) is 12.1 Å². The second-order valence-electron chi connectivity index (χ2n) is 4.29. The van der Waals surface area contributed by atoms with Crippen LogP contribution in [0.2, 0.25) is 0 Å². The third-order valence-electron chi connectivity index (χ3n) is 2.92. The molecule has 98 valence electrons. The molecule has 0 spiro atoms. The quantitative estimate of drug-likeness (QED) is 0.861. The molecule has 18 heavy (non-hydrogen) atoms. The molecule has 0 aromatic carbocycles. The molecule has 1 unspecified atom stereocenters. The molecule has 0 amide bonds. The number of hydrogen-bond donors (Lipinski definition) is 2. The van der Waals surface area contributed by atoms with E-state index in [0.29, 0.717) is 17.3 Å². The zero-order valence-electron chi connectivity index (χ0n) is 9.85. The van der Waals surface area contributed by atoms with Crippen molar-refractivity contribution in [3.05, 3.63) is 17.0 Å². The predicted octanol–water partition coefficient (Wildman–Crippen LogP) is 0.898. The topological polar surface area (TPSA) is 82.0 Å². The van der Waals surface area contributed by atoms with Gasteiger partial charge in [0.05, 0.1) is 0 Å². The SMILES string of the molecule is N#Cc1ccc(S(=O)(=O)NCC2CCCNC2)s1. The van der Waals surface area contributed by atoms with E-state index in [4.69, 9.17) is 5.26 Å². The highest BCUT2D eigenvalue weighted by molar-refractivity contribution is 7.91. The van der Waals surface area contributed by atoms with Crippen molar-refractivity contribution >= 4 is 21.4 Å². The molecule has 2 rings (SSSR count). The van der Waals surface area contributed by atoms with Crippen LogP contribution < -0.4 is 10.0 Å². The van der Waals surface area contributed by atoms with Gasteiger partial charge >= 0.3 is 0 Å². The number of thiophene rings is 1. The molecule has 1 aromatic heterocycles. The Morgan fingerprint density at radius 2 is 2.39 bits per heavy atom. The molecule has 1 aliphatic heterocycles. The van der Waals surface area contributed by atoms with E-state index in [2.05, 4.69) is 10.0 Å². The van der Waals surface area contributed by atoms with E-state index < -0.39 is 10.0 Å². The molecular formula is C11H15N3O2S2. The van der Waals surface area contributed by atoms with E-state index in [1.54, 1.807) is 0 Å². The maximum Gasteiger partial charge on any atom is 0.250 e. The summed E-state index contributed by atoms with van der Waals surface area (Å²) >= 11 is 0.999. The largest absolute Gasteiger partial charge is 0.316 e. The number of nitrogens with one attached hydrogen (secondary N) is 2. The van der Waals surface area contributed by atoms with Crippen molar-refractivity contribution in [1.29, 1.82) is 5.26 Å². The van der Waals surface area contributed by atoms with Gasteiger partial charge < -0.3 is 5.32 Å². The van der Waals surface area contributed by atoms with Gasteiger partial charge in [-0.3, -0.25) is 0 Å². The van der Waals surface area contributed by atoms with Crippen LogP contribution in [0.1, 0.15) is 17.7 Å². The summed E-state index contributed by atoms with van der Waals surface area (Å²) in [6.07, 6.45) is 2.13. The van der Waals surface area contributed by atoms with E-state index in [1.807, 2.05) is 6.07 Å². The Bertz CT molecular complexity index is 539. The average Bonchev–Trinajstić information content (AvgIpc) is 2.87. The molecule has 7 heteroatoms. The number of nitriles is 1. The van der Waals surface area contributed by atoms with Crippen LogP contribution >= 0.6 is 11.3 Å². The van der Waals surface area contributed by atoms with E-state index in [-0.39, 0.29) is 4.21 Å². The third-order valence-corrected chi connectivity index (χ3v) is 5.82. The van der Waals surface area contributed by atoms with E-state index in [0.717, 1.165) is 37.3 Å². The molecule has 0 aliphatic carbocycles. The summed E-state index contributed by atoms with van der Waals surface area (Å²) in [7, 11) is -3.46. The van der Waals surface area contributed by atoms with Crippen molar-refractivity contribution in [3.8, 4) is 6.07 Å². The highest BCUT2D eigenvalue weighted by Gasteiger charge is 2.20. The lowest BCUT2D eigenvalue weighted by Gasteiger charge is -2.22. The molecule has 0 bridgehead atoms. The van der Waals surface area contributed by atoms with Crippen molar-refractivity contribution in [2.45, 2.75) is 17.1 Å². The molecule has 1 aromatic rings. The lowest BCUT2D eigenvalue weighted by atomic mass is 10.0. The van der Waals surface area contributed by atoms with Crippen LogP contribution in [0, 0.1) is 17.2 Å². The average molecular weight is 285 g/mol. The highest BCUT2D eigenvalue weighted by atomic mass is 32.2. The van der Waals surface area contributed by atoms with Gasteiger partial charge in [-0.05, 0) is 44.0 Å². The van der Waals surface area contributed by atoms with Crippen molar-refractivity contribution in [1.82, 2.24) is 10.0 Å². The summed E-state index contributed by atoms with van der Waals surface area (Å²) < 4.78 is 26.8. The Labute approximate surface area is 111 Å². The predicted molar refractivity (Wildman–Crippen MR) is 69.8 cm³/mol. The van der Waals surface area contributed by atoms with Gasteiger partial charge in [-0.2, -0.15) is 5.26 Å². The van der Waals surface area contributed by atoms with Crippen molar-refractivity contribution in [2.24, 2.45) is 5.92 Å². The third kappa shape index (κ3) is 3.29. The Kier molecular flexibility index (Phi) is 4.35. The molecule has 1 atom stereocenters. The van der Waals surface area contributed by atoms with Crippen molar-refractivity contribution in [3.63, 3.8) is 0 Å². The fourth-order valence-electron chi connectivity index (χ4n) is 1.92. The zero-order valence-corrected chi connectivity index (χ0v) is 11.5. The Morgan fingerprint density at radius 3 is 3.00 bits per heavy atom. The van der Waals surface area contributed by atoms with Gasteiger partial charge in [0.15, 0.2) is 0 Å². The van der Waals surface area contributed by atoms with Crippen LogP contribution in [0.25, 0.3) is 0 Å². The summed E-state index contributed by atoms with van der Waals surface area (Å²) in [6, 6.07) is 4.95. The smallest absolute Gasteiger partial charge is 0.250 e. The van der Waals surface area contributed by atoms with Gasteiger partial charge in [0.25, 0.3) is 0 Å². The fourth-order valence-corrected chi connectivity index (χ4v) is 4.19. The van der Waals surface area contributed by atoms with Crippen molar-refractivity contribution < 1.29 is 8.42 Å². The molecular weight excluding hydrogens is 270 g/mol. The molecule has 2 heterocycles. The molecule has 1 aliphatic rings. The van der Waals surface area contributed by atoms with Crippen LogP contribution in [0.4, 0.5) is 0 Å². The maximum absolute atomic E-state index is 12.0. The van der Waals surface area contributed by atoms with Crippen LogP contribution in [0.15, 0.2) is 16.3 Å². The standard InChI is InChI=1S/C11H15N3O2S2/c12-6-10-3-4-11(17-10)18(15,16)14-8-9-2-1-5-13-7-9/h3-4,9,13-14H,1-2,5,7-8H2. The normalized spacial score (nSPS) is 20.5. The number of piperidine rings is 1. The first-order valence-corrected chi connectivity index (χ1v) is 8.12. The van der Waals surface area contributed by atoms with Crippen LogP contribution in [-0.4, -0.2) is 28.1 Å². The van der Waals surface area contributed by atoms with Crippen LogP contribution in [0.5, 0.6) is 0 Å². The Balaban J connectivity index is 1.96. The van der Waals surface area contributed by atoms with Gasteiger partial charge in [0.1, 0.15) is 15.2 Å². The molecule has 1 saturated heterocycles. The van der Waals surface area contributed by atoms with Crippen molar-refractivity contribution in [2.75, 3.05) is 19.6 Å². The van der Waals surface area contributed by atoms with E-state index >= 15 is 0 Å². The fraction of sp³-hybridized carbons (Fsp3) is 0.545. The number of nitrogens with zero attached hydrogens (tertiary/aromatic N) is 1. The van der Waals surface area contributed by atoms with Gasteiger partial charge in [0.2, 0.25) is 10.0 Å². The van der Waals surface area contributed by atoms with Gasteiger partial charge in [-0.15, -0.1) is 11.3 Å². The Hall–Kier alpha value is -0.940.